The number of halogens is 1. The third kappa shape index (κ3) is 2.76. The molecule has 5 heteroatoms. The lowest BCUT2D eigenvalue weighted by Crippen LogP contribution is -2.15. The van der Waals surface area contributed by atoms with E-state index in [0.717, 1.165) is 29.6 Å². The molecule has 3 nitrogen and oxygen atoms in total. The summed E-state index contributed by atoms with van der Waals surface area (Å²) in [5.74, 6) is 0. The van der Waals surface area contributed by atoms with Crippen LogP contribution < -0.4 is 5.32 Å². The van der Waals surface area contributed by atoms with Crippen molar-refractivity contribution in [3.05, 3.63) is 29.8 Å². The highest BCUT2D eigenvalue weighted by atomic mass is 35.5. The smallest absolute Gasteiger partial charge is 0.129 e. The van der Waals surface area contributed by atoms with Gasteiger partial charge in [-0.3, -0.25) is 0 Å². The van der Waals surface area contributed by atoms with Crippen LogP contribution in [0.5, 0.6) is 0 Å². The van der Waals surface area contributed by atoms with Gasteiger partial charge >= 0.3 is 0 Å². The molecule has 0 spiro atoms. The predicted molar refractivity (Wildman–Crippen MR) is 74.9 cm³/mol. The summed E-state index contributed by atoms with van der Waals surface area (Å²) in [6, 6.07) is 4.08. The fraction of sp³-hybridized carbons (Fsp3) is 0.333. The van der Waals surface area contributed by atoms with Gasteiger partial charge in [0.25, 0.3) is 0 Å². The van der Waals surface area contributed by atoms with E-state index in [1.165, 1.54) is 11.7 Å². The van der Waals surface area contributed by atoms with E-state index in [9.17, 15) is 0 Å². The number of hydrogen-bond acceptors (Lipinski definition) is 4. The molecule has 0 radical (unpaired) electrons. The number of nitrogens with zero attached hydrogens (tertiary/aromatic N) is 2. The summed E-state index contributed by atoms with van der Waals surface area (Å²) in [7, 11) is 0. The number of benzene rings is 1. The minimum Gasteiger partial charge on any atom is -0.380 e. The zero-order valence-corrected chi connectivity index (χ0v) is 11.2. The van der Waals surface area contributed by atoms with Crippen molar-refractivity contribution >= 4 is 40.0 Å². The molecular weight excluding hydrogens is 254 g/mol. The van der Waals surface area contributed by atoms with Gasteiger partial charge in [0.2, 0.25) is 0 Å². The van der Waals surface area contributed by atoms with Crippen molar-refractivity contribution in [3.63, 3.8) is 0 Å². The number of allylic oxidation sites excluding steroid dienone is 1. The molecule has 0 aliphatic heterocycles. The zero-order chi connectivity index (χ0) is 12.3. The van der Waals surface area contributed by atoms with Crippen LogP contribution in [0.2, 0.25) is 5.02 Å². The summed E-state index contributed by atoms with van der Waals surface area (Å²) in [4.78, 5) is 0. The lowest BCUT2D eigenvalue weighted by Gasteiger charge is -2.15. The normalized spacial score (nSPS) is 12.6. The van der Waals surface area contributed by atoms with Crippen LogP contribution in [0, 0.1) is 0 Å². The van der Waals surface area contributed by atoms with Crippen LogP contribution >= 0.6 is 23.3 Å². The second kappa shape index (κ2) is 5.47. The quantitative estimate of drug-likeness (QED) is 0.829. The number of fused-ring (bicyclic) bond motifs is 1. The van der Waals surface area contributed by atoms with Crippen molar-refractivity contribution in [1.82, 2.24) is 8.75 Å². The SMILES string of the molecule is C=CCCC(C)Nc1c(Cl)ccc2nsnc12. The van der Waals surface area contributed by atoms with Crippen LogP contribution in [0.3, 0.4) is 0 Å². The fourth-order valence-electron chi connectivity index (χ4n) is 1.65. The molecule has 0 aliphatic rings. The third-order valence-electron chi connectivity index (χ3n) is 2.57. The molecule has 0 saturated carbocycles. The molecule has 0 saturated heterocycles. The highest BCUT2D eigenvalue weighted by molar-refractivity contribution is 7.00. The summed E-state index contributed by atoms with van der Waals surface area (Å²) in [6.45, 7) is 5.85. The fourth-order valence-corrected chi connectivity index (χ4v) is 2.40. The first kappa shape index (κ1) is 12.3. The van der Waals surface area contributed by atoms with Gasteiger partial charge in [-0.2, -0.15) is 8.75 Å². The van der Waals surface area contributed by atoms with E-state index in [-0.39, 0.29) is 0 Å². The number of rotatable bonds is 5. The van der Waals surface area contributed by atoms with Crippen molar-refractivity contribution in [2.45, 2.75) is 25.8 Å². The third-order valence-corrected chi connectivity index (χ3v) is 3.43. The first-order valence-electron chi connectivity index (χ1n) is 5.50. The largest absolute Gasteiger partial charge is 0.380 e. The second-order valence-electron chi connectivity index (χ2n) is 3.97. The van der Waals surface area contributed by atoms with Gasteiger partial charge in [0.1, 0.15) is 11.0 Å². The Kier molecular flexibility index (Phi) is 3.97. The number of aromatic nitrogens is 2. The average molecular weight is 268 g/mol. The maximum atomic E-state index is 6.19. The predicted octanol–water partition coefficient (Wildman–Crippen LogP) is 4.11. The van der Waals surface area contributed by atoms with E-state index in [1.54, 1.807) is 0 Å². The standard InChI is InChI=1S/C12H14ClN3S/c1-3-4-5-8(2)14-11-9(13)6-7-10-12(11)16-17-15-10/h3,6-8,14H,1,4-5H2,2H3. The van der Waals surface area contributed by atoms with Gasteiger partial charge in [-0.05, 0) is 31.9 Å². The Bertz CT molecular complexity index is 523. The van der Waals surface area contributed by atoms with Gasteiger partial charge in [-0.1, -0.05) is 17.7 Å². The molecule has 90 valence electrons. The van der Waals surface area contributed by atoms with Crippen molar-refractivity contribution in [3.8, 4) is 0 Å². The van der Waals surface area contributed by atoms with Crippen molar-refractivity contribution in [2.75, 3.05) is 5.32 Å². The highest BCUT2D eigenvalue weighted by Gasteiger charge is 2.11. The molecule has 1 heterocycles. The monoisotopic (exact) mass is 267 g/mol. The second-order valence-corrected chi connectivity index (χ2v) is 4.90. The van der Waals surface area contributed by atoms with E-state index >= 15 is 0 Å². The molecule has 0 amide bonds. The van der Waals surface area contributed by atoms with Crippen LogP contribution in [0.4, 0.5) is 5.69 Å². The highest BCUT2D eigenvalue weighted by Crippen LogP contribution is 2.30. The molecule has 2 rings (SSSR count). The summed E-state index contributed by atoms with van der Waals surface area (Å²) < 4.78 is 8.48. The molecular formula is C12H14ClN3S. The Balaban J connectivity index is 2.24. The van der Waals surface area contributed by atoms with Crippen LogP contribution in [0.15, 0.2) is 24.8 Å². The first-order chi connectivity index (χ1) is 8.22. The Morgan fingerprint density at radius 1 is 1.53 bits per heavy atom. The van der Waals surface area contributed by atoms with Gasteiger partial charge in [0, 0.05) is 6.04 Å². The maximum absolute atomic E-state index is 6.19. The minimum atomic E-state index is 0.331. The van der Waals surface area contributed by atoms with E-state index in [0.29, 0.717) is 11.1 Å². The molecule has 1 atom stereocenters. The van der Waals surface area contributed by atoms with Crippen LogP contribution in [0.25, 0.3) is 11.0 Å². The van der Waals surface area contributed by atoms with E-state index in [4.69, 9.17) is 11.6 Å². The van der Waals surface area contributed by atoms with E-state index in [1.807, 2.05) is 18.2 Å². The molecule has 0 fully saturated rings. The van der Waals surface area contributed by atoms with Crippen LogP contribution in [-0.2, 0) is 0 Å². The zero-order valence-electron chi connectivity index (χ0n) is 9.61. The van der Waals surface area contributed by atoms with Gasteiger partial charge in [-0.15, -0.1) is 6.58 Å². The minimum absolute atomic E-state index is 0.331. The molecule has 1 aromatic carbocycles. The average Bonchev–Trinajstić information content (AvgIpc) is 2.78. The number of hydrogen-bond donors (Lipinski definition) is 1. The summed E-state index contributed by atoms with van der Waals surface area (Å²) in [5, 5.41) is 4.09. The number of anilines is 1. The Morgan fingerprint density at radius 2 is 2.35 bits per heavy atom. The molecule has 0 aliphatic carbocycles. The molecule has 2 aromatic rings. The first-order valence-corrected chi connectivity index (χ1v) is 6.61. The Labute approximate surface area is 110 Å². The lowest BCUT2D eigenvalue weighted by atomic mass is 10.1. The number of nitrogens with one attached hydrogen (secondary N) is 1. The van der Waals surface area contributed by atoms with Gasteiger partial charge in [-0.25, -0.2) is 0 Å². The lowest BCUT2D eigenvalue weighted by molar-refractivity contribution is 0.720. The molecule has 1 unspecified atom stereocenters. The molecule has 0 bridgehead atoms. The Morgan fingerprint density at radius 3 is 3.12 bits per heavy atom. The molecule has 1 aromatic heterocycles. The van der Waals surface area contributed by atoms with Gasteiger partial charge in [0.15, 0.2) is 0 Å². The molecule has 17 heavy (non-hydrogen) atoms. The van der Waals surface area contributed by atoms with Crippen molar-refractivity contribution in [1.29, 1.82) is 0 Å². The summed E-state index contributed by atoms with van der Waals surface area (Å²) in [5.41, 5.74) is 2.63. The van der Waals surface area contributed by atoms with E-state index in [2.05, 4.69) is 27.6 Å². The Hall–Kier alpha value is -1.13. The van der Waals surface area contributed by atoms with Gasteiger partial charge in [0.05, 0.1) is 22.4 Å². The maximum Gasteiger partial charge on any atom is 0.129 e. The molecule has 1 N–H and O–H groups in total. The van der Waals surface area contributed by atoms with Crippen molar-refractivity contribution in [2.24, 2.45) is 0 Å². The van der Waals surface area contributed by atoms with Crippen LogP contribution in [0.1, 0.15) is 19.8 Å². The topological polar surface area (TPSA) is 37.8 Å². The van der Waals surface area contributed by atoms with Gasteiger partial charge < -0.3 is 5.32 Å². The summed E-state index contributed by atoms with van der Waals surface area (Å²) >= 11 is 7.40. The van der Waals surface area contributed by atoms with Crippen LogP contribution in [-0.4, -0.2) is 14.8 Å². The van der Waals surface area contributed by atoms with Crippen molar-refractivity contribution < 1.29 is 0 Å². The summed E-state index contributed by atoms with van der Waals surface area (Å²) in [6.07, 6.45) is 3.93. The van der Waals surface area contributed by atoms with E-state index < -0.39 is 0 Å².